The van der Waals surface area contributed by atoms with Crippen molar-refractivity contribution in [3.8, 4) is 0 Å². The van der Waals surface area contributed by atoms with Crippen molar-refractivity contribution < 1.29 is 13.9 Å². The highest BCUT2D eigenvalue weighted by molar-refractivity contribution is 5.69. The zero-order valence-electron chi connectivity index (χ0n) is 10.7. The van der Waals surface area contributed by atoms with E-state index < -0.39 is 23.4 Å². The molecule has 5 heteroatoms. The number of amides is 1. The van der Waals surface area contributed by atoms with Crippen LogP contribution >= 0.6 is 0 Å². The smallest absolute Gasteiger partial charge is 0.408 e. The van der Waals surface area contributed by atoms with E-state index in [1.54, 1.807) is 0 Å². The average Bonchev–Trinajstić information content (AvgIpc) is 2.65. The quantitative estimate of drug-likeness (QED) is 0.736. The second kappa shape index (κ2) is 4.12. The summed E-state index contributed by atoms with van der Waals surface area (Å²) in [6.07, 6.45) is -0.0482. The number of carbonyl (C=O) groups excluding carboxylic acids is 1. The lowest BCUT2D eigenvalue weighted by Gasteiger charge is -2.31. The summed E-state index contributed by atoms with van der Waals surface area (Å²) in [6, 6.07) is 0. The van der Waals surface area contributed by atoms with Crippen LogP contribution in [0.15, 0.2) is 0 Å². The fourth-order valence-corrected chi connectivity index (χ4v) is 2.83. The molecule has 4 nitrogen and oxygen atoms in total. The number of ether oxygens (including phenoxy) is 1. The molecule has 98 valence electrons. The van der Waals surface area contributed by atoms with Gasteiger partial charge in [0.25, 0.3) is 0 Å². The van der Waals surface area contributed by atoms with Crippen molar-refractivity contribution >= 4 is 6.09 Å². The Morgan fingerprint density at radius 2 is 2.24 bits per heavy atom. The normalized spacial score (nSPS) is 36.7. The van der Waals surface area contributed by atoms with Crippen LogP contribution in [0, 0.1) is 5.92 Å². The second-order valence-corrected chi connectivity index (χ2v) is 6.08. The standard InChI is InChI=1S/C12H21FN2O2/c1-11(2,3)17-10(16)15-12-5-4-9(13)8(12)6-14-7-12/h8-9,14H,4-7H2,1-3H3,(H,15,16)/t8-,9-,12+/m0/s1. The van der Waals surface area contributed by atoms with Crippen molar-refractivity contribution in [2.75, 3.05) is 13.1 Å². The number of alkyl halides is 1. The first-order chi connectivity index (χ1) is 7.82. The minimum Gasteiger partial charge on any atom is -0.444 e. The van der Waals surface area contributed by atoms with Crippen molar-refractivity contribution in [1.82, 2.24) is 10.6 Å². The Bertz CT molecular complexity index is 316. The first kappa shape index (κ1) is 12.6. The lowest BCUT2D eigenvalue weighted by Crippen LogP contribution is -2.53. The number of fused-ring (bicyclic) bond motifs is 1. The summed E-state index contributed by atoms with van der Waals surface area (Å²) in [6.45, 7) is 6.73. The molecule has 1 saturated carbocycles. The molecule has 0 aromatic rings. The maximum atomic E-state index is 13.7. The monoisotopic (exact) mass is 244 g/mol. The van der Waals surface area contributed by atoms with Gasteiger partial charge in [-0.2, -0.15) is 0 Å². The minimum atomic E-state index is -0.820. The molecule has 1 amide bonds. The van der Waals surface area contributed by atoms with Gasteiger partial charge in [0.15, 0.2) is 0 Å². The molecule has 3 atom stereocenters. The first-order valence-corrected chi connectivity index (χ1v) is 6.18. The van der Waals surface area contributed by atoms with Crippen LogP contribution in [0.5, 0.6) is 0 Å². The molecule has 0 spiro atoms. The second-order valence-electron chi connectivity index (χ2n) is 6.08. The van der Waals surface area contributed by atoms with E-state index in [-0.39, 0.29) is 5.92 Å². The van der Waals surface area contributed by atoms with Crippen LogP contribution in [0.2, 0.25) is 0 Å². The average molecular weight is 244 g/mol. The summed E-state index contributed by atoms with van der Waals surface area (Å²) < 4.78 is 18.9. The van der Waals surface area contributed by atoms with Crippen LogP contribution in [-0.4, -0.2) is 36.5 Å². The van der Waals surface area contributed by atoms with E-state index >= 15 is 0 Å². The minimum absolute atomic E-state index is 0.116. The van der Waals surface area contributed by atoms with E-state index in [0.717, 1.165) is 0 Å². The van der Waals surface area contributed by atoms with Gasteiger partial charge in [-0.1, -0.05) is 0 Å². The lowest BCUT2D eigenvalue weighted by molar-refractivity contribution is 0.0441. The number of halogens is 1. The summed E-state index contributed by atoms with van der Waals surface area (Å²) in [5.74, 6) is -0.116. The molecule has 2 aliphatic rings. The topological polar surface area (TPSA) is 50.4 Å². The van der Waals surface area contributed by atoms with Crippen LogP contribution in [0.4, 0.5) is 9.18 Å². The van der Waals surface area contributed by atoms with E-state index in [4.69, 9.17) is 4.74 Å². The van der Waals surface area contributed by atoms with Crippen molar-refractivity contribution in [2.45, 2.75) is 50.9 Å². The SMILES string of the molecule is CC(C)(C)OC(=O)N[C@@]12CC[C@H](F)[C@@H]1CNC2. The van der Waals surface area contributed by atoms with Crippen LogP contribution in [0.3, 0.4) is 0 Å². The Labute approximate surface area is 101 Å². The Balaban J connectivity index is 2.00. The number of hydrogen-bond acceptors (Lipinski definition) is 3. The molecular weight excluding hydrogens is 223 g/mol. The molecule has 1 aliphatic heterocycles. The van der Waals surface area contributed by atoms with Gasteiger partial charge >= 0.3 is 6.09 Å². The summed E-state index contributed by atoms with van der Waals surface area (Å²) in [7, 11) is 0. The fraction of sp³-hybridized carbons (Fsp3) is 0.917. The van der Waals surface area contributed by atoms with Gasteiger partial charge in [0.05, 0.1) is 5.54 Å². The summed E-state index contributed by atoms with van der Waals surface area (Å²) in [5.41, 5.74) is -0.961. The zero-order valence-corrected chi connectivity index (χ0v) is 10.7. The molecule has 0 aromatic heterocycles. The van der Waals surface area contributed by atoms with Gasteiger partial charge in [-0.15, -0.1) is 0 Å². The van der Waals surface area contributed by atoms with E-state index in [1.165, 1.54) is 0 Å². The molecule has 2 fully saturated rings. The fourth-order valence-electron chi connectivity index (χ4n) is 2.83. The summed E-state index contributed by atoms with van der Waals surface area (Å²) >= 11 is 0. The molecule has 0 bridgehead atoms. The molecule has 1 saturated heterocycles. The van der Waals surface area contributed by atoms with Gasteiger partial charge in [0.2, 0.25) is 0 Å². The first-order valence-electron chi connectivity index (χ1n) is 6.18. The van der Waals surface area contributed by atoms with Crippen molar-refractivity contribution in [3.05, 3.63) is 0 Å². The number of nitrogens with one attached hydrogen (secondary N) is 2. The molecule has 0 unspecified atom stereocenters. The van der Waals surface area contributed by atoms with Gasteiger partial charge in [0, 0.05) is 19.0 Å². The molecule has 2 rings (SSSR count). The van der Waals surface area contributed by atoms with Crippen LogP contribution in [0.1, 0.15) is 33.6 Å². The predicted octanol–water partition coefficient (Wildman–Crippen LogP) is 1.60. The van der Waals surface area contributed by atoms with E-state index in [2.05, 4.69) is 10.6 Å². The number of rotatable bonds is 1. The largest absolute Gasteiger partial charge is 0.444 e. The highest BCUT2D eigenvalue weighted by atomic mass is 19.1. The Morgan fingerprint density at radius 1 is 1.53 bits per heavy atom. The third-order valence-electron chi connectivity index (χ3n) is 3.57. The van der Waals surface area contributed by atoms with Crippen molar-refractivity contribution in [3.63, 3.8) is 0 Å². The molecule has 2 N–H and O–H groups in total. The van der Waals surface area contributed by atoms with Gasteiger partial charge < -0.3 is 15.4 Å². The predicted molar refractivity (Wildman–Crippen MR) is 62.6 cm³/mol. The highest BCUT2D eigenvalue weighted by Gasteiger charge is 2.53. The molecule has 1 aliphatic carbocycles. The lowest BCUT2D eigenvalue weighted by atomic mass is 9.90. The number of alkyl carbamates (subject to hydrolysis) is 1. The maximum Gasteiger partial charge on any atom is 0.408 e. The summed E-state index contributed by atoms with van der Waals surface area (Å²) in [4.78, 5) is 11.8. The Kier molecular flexibility index (Phi) is 3.06. The van der Waals surface area contributed by atoms with Crippen LogP contribution in [-0.2, 0) is 4.74 Å². The Morgan fingerprint density at radius 3 is 2.88 bits per heavy atom. The maximum absolute atomic E-state index is 13.7. The van der Waals surface area contributed by atoms with Gasteiger partial charge in [-0.3, -0.25) is 0 Å². The van der Waals surface area contributed by atoms with Crippen LogP contribution in [0.25, 0.3) is 0 Å². The van der Waals surface area contributed by atoms with E-state index in [0.29, 0.717) is 25.9 Å². The van der Waals surface area contributed by atoms with Gasteiger partial charge in [-0.25, -0.2) is 9.18 Å². The van der Waals surface area contributed by atoms with E-state index in [1.807, 2.05) is 20.8 Å². The van der Waals surface area contributed by atoms with Crippen molar-refractivity contribution in [2.24, 2.45) is 5.92 Å². The number of hydrogen-bond donors (Lipinski definition) is 2. The third kappa shape index (κ3) is 2.54. The number of carbonyl (C=O) groups is 1. The van der Waals surface area contributed by atoms with E-state index in [9.17, 15) is 9.18 Å². The third-order valence-corrected chi connectivity index (χ3v) is 3.57. The van der Waals surface area contributed by atoms with Crippen molar-refractivity contribution in [1.29, 1.82) is 0 Å². The molecule has 0 aromatic carbocycles. The molecule has 1 heterocycles. The Hall–Kier alpha value is -0.840. The zero-order chi connectivity index (χ0) is 12.7. The van der Waals surface area contributed by atoms with Gasteiger partial charge in [0.1, 0.15) is 11.8 Å². The van der Waals surface area contributed by atoms with Gasteiger partial charge in [-0.05, 0) is 33.6 Å². The van der Waals surface area contributed by atoms with Crippen LogP contribution < -0.4 is 10.6 Å². The summed E-state index contributed by atoms with van der Waals surface area (Å²) in [5, 5.41) is 6.03. The molecule has 17 heavy (non-hydrogen) atoms. The highest BCUT2D eigenvalue weighted by Crippen LogP contribution is 2.40. The molecular formula is C12H21FN2O2. The molecule has 0 radical (unpaired) electrons.